The lowest BCUT2D eigenvalue weighted by atomic mass is 10.1. The highest BCUT2D eigenvalue weighted by atomic mass is 35.5. The van der Waals surface area contributed by atoms with Crippen LogP contribution in [0.5, 0.6) is 11.5 Å². The summed E-state index contributed by atoms with van der Waals surface area (Å²) in [7, 11) is 0. The molecule has 0 unspecified atom stereocenters. The van der Waals surface area contributed by atoms with Crippen LogP contribution in [-0.4, -0.2) is 12.2 Å². The predicted octanol–water partition coefficient (Wildman–Crippen LogP) is 6.75. The Morgan fingerprint density at radius 2 is 1.07 bits per heavy atom. The number of ether oxygens (including phenoxy) is 1. The van der Waals surface area contributed by atoms with E-state index in [0.717, 1.165) is 12.2 Å². The van der Waals surface area contributed by atoms with E-state index in [1.165, 1.54) is 0 Å². The average Bonchev–Trinajstić information content (AvgIpc) is 2.70. The van der Waals surface area contributed by atoms with E-state index in [1.54, 1.807) is 0 Å². The Hall–Kier alpha value is -2.12. The highest BCUT2D eigenvalue weighted by molar-refractivity contribution is 6.35. The monoisotopic (exact) mass is 488 g/mol. The van der Waals surface area contributed by atoms with Crippen LogP contribution in [-0.2, 0) is 21.3 Å². The van der Waals surface area contributed by atoms with Gasteiger partial charge >= 0.3 is 0 Å². The summed E-state index contributed by atoms with van der Waals surface area (Å²) in [6.45, 7) is 0. The van der Waals surface area contributed by atoms with Gasteiger partial charge in [0.05, 0.1) is 21.8 Å². The Kier molecular flexibility index (Phi) is 7.66. The number of halogens is 8. The molecule has 0 aromatic heterocycles. The van der Waals surface area contributed by atoms with Gasteiger partial charge in [-0.2, -0.15) is 18.8 Å². The van der Waals surface area contributed by atoms with Gasteiger partial charge in [-0.25, -0.2) is 18.4 Å². The fourth-order valence-corrected chi connectivity index (χ4v) is 3.41. The third-order valence-electron chi connectivity index (χ3n) is 3.49. The van der Waals surface area contributed by atoms with Gasteiger partial charge in [0.1, 0.15) is 11.4 Å². The SMILES string of the molecule is O=C=Nc1c(F)c(F)c(Oc2c(F)c(F)c(N=C=O)c(CCl)c2Cl)c(Cl)c1CCl. The Balaban J connectivity index is 2.82. The maximum absolute atomic E-state index is 14.4. The van der Waals surface area contributed by atoms with E-state index in [9.17, 15) is 27.2 Å². The Morgan fingerprint density at radius 3 is 1.34 bits per heavy atom. The molecular weight excluding hydrogens is 486 g/mol. The number of aliphatic imine (C=N–C) groups is 2. The standard InChI is InChI=1S/C16H4Cl4F4N2O3/c17-1-5-7(19)15(11(23)9(21)13(5)25-3-27)29-16-8(20)6(2-18)14(26-4-28)10(22)12(16)24/h1-2H2. The second-order valence-electron chi connectivity index (χ2n) is 4.97. The van der Waals surface area contributed by atoms with E-state index < -0.39 is 67.9 Å². The summed E-state index contributed by atoms with van der Waals surface area (Å²) in [5.74, 6) is -10.4. The maximum Gasteiger partial charge on any atom is 0.240 e. The molecule has 0 saturated carbocycles. The first kappa shape index (κ1) is 23.2. The molecule has 0 radical (unpaired) electrons. The van der Waals surface area contributed by atoms with Crippen LogP contribution in [0.1, 0.15) is 11.1 Å². The van der Waals surface area contributed by atoms with Gasteiger partial charge in [0.15, 0.2) is 23.1 Å². The Bertz CT molecular complexity index is 1020. The molecule has 13 heteroatoms. The van der Waals surface area contributed by atoms with Gasteiger partial charge < -0.3 is 4.74 Å². The number of alkyl halides is 2. The largest absolute Gasteiger partial charge is 0.448 e. The van der Waals surface area contributed by atoms with Gasteiger partial charge in [0.2, 0.25) is 23.8 Å². The van der Waals surface area contributed by atoms with E-state index >= 15 is 0 Å². The van der Waals surface area contributed by atoms with Crippen molar-refractivity contribution in [3.8, 4) is 11.5 Å². The summed E-state index contributed by atoms with van der Waals surface area (Å²) < 4.78 is 62.3. The van der Waals surface area contributed by atoms with Gasteiger partial charge in [-0.1, -0.05) is 23.2 Å². The molecule has 0 amide bonds. The van der Waals surface area contributed by atoms with E-state index in [1.807, 2.05) is 0 Å². The highest BCUT2D eigenvalue weighted by Gasteiger charge is 2.30. The fourth-order valence-electron chi connectivity index (χ4n) is 2.20. The van der Waals surface area contributed by atoms with Crippen molar-refractivity contribution in [2.24, 2.45) is 9.98 Å². The molecular formula is C16H4Cl4F4N2O3. The van der Waals surface area contributed by atoms with Crippen molar-refractivity contribution in [3.05, 3.63) is 44.4 Å². The molecule has 0 heterocycles. The number of hydrogen-bond donors (Lipinski definition) is 0. The molecule has 2 aromatic carbocycles. The number of rotatable bonds is 6. The van der Waals surface area contributed by atoms with Gasteiger partial charge in [-0.05, 0) is 0 Å². The third-order valence-corrected chi connectivity index (χ3v) is 4.82. The zero-order chi connectivity index (χ0) is 21.9. The molecule has 0 aliphatic carbocycles. The van der Waals surface area contributed by atoms with Crippen LogP contribution in [0.2, 0.25) is 10.0 Å². The van der Waals surface area contributed by atoms with Gasteiger partial charge in [-0.3, -0.25) is 0 Å². The predicted molar refractivity (Wildman–Crippen MR) is 97.5 cm³/mol. The van der Waals surface area contributed by atoms with Crippen LogP contribution in [0.15, 0.2) is 9.98 Å². The van der Waals surface area contributed by atoms with Crippen LogP contribution in [0.4, 0.5) is 28.9 Å². The number of hydrogen-bond acceptors (Lipinski definition) is 5. The van der Waals surface area contributed by atoms with Gasteiger partial charge in [0, 0.05) is 11.1 Å². The molecule has 0 fully saturated rings. The molecule has 5 nitrogen and oxygen atoms in total. The first-order chi connectivity index (χ1) is 13.7. The third kappa shape index (κ3) is 4.12. The summed E-state index contributed by atoms with van der Waals surface area (Å²) in [4.78, 5) is 26.8. The second-order valence-corrected chi connectivity index (χ2v) is 6.26. The molecule has 2 rings (SSSR count). The Morgan fingerprint density at radius 1 is 0.724 bits per heavy atom. The first-order valence-electron chi connectivity index (χ1n) is 7.09. The van der Waals surface area contributed by atoms with Crippen molar-refractivity contribution < 1.29 is 31.9 Å². The second kappa shape index (κ2) is 9.59. The molecule has 0 saturated heterocycles. The zero-order valence-electron chi connectivity index (χ0n) is 13.6. The summed E-state index contributed by atoms with van der Waals surface area (Å²) in [5, 5.41) is -1.38. The zero-order valence-corrected chi connectivity index (χ0v) is 16.6. The van der Waals surface area contributed by atoms with Crippen molar-refractivity contribution in [1.82, 2.24) is 0 Å². The lowest BCUT2D eigenvalue weighted by molar-refractivity contribution is 0.385. The van der Waals surface area contributed by atoms with Crippen LogP contribution in [0.3, 0.4) is 0 Å². The van der Waals surface area contributed by atoms with Crippen molar-refractivity contribution in [3.63, 3.8) is 0 Å². The average molecular weight is 490 g/mol. The quantitative estimate of drug-likeness (QED) is 0.148. The molecule has 0 aliphatic heterocycles. The van der Waals surface area contributed by atoms with Crippen LogP contribution >= 0.6 is 46.4 Å². The molecule has 2 aromatic rings. The number of isocyanates is 2. The minimum absolute atomic E-state index is 0.387. The van der Waals surface area contributed by atoms with E-state index in [4.69, 9.17) is 51.1 Å². The summed E-state index contributed by atoms with van der Waals surface area (Å²) >= 11 is 23.1. The molecule has 0 N–H and O–H groups in total. The highest BCUT2D eigenvalue weighted by Crippen LogP contribution is 2.47. The summed E-state index contributed by atoms with van der Waals surface area (Å²) in [5.41, 5.74) is -2.47. The van der Waals surface area contributed by atoms with E-state index in [-0.39, 0.29) is 11.1 Å². The van der Waals surface area contributed by atoms with Crippen molar-refractivity contribution in [1.29, 1.82) is 0 Å². The minimum Gasteiger partial charge on any atom is -0.448 e. The summed E-state index contributed by atoms with van der Waals surface area (Å²) in [6, 6.07) is 0. The molecule has 0 aliphatic rings. The van der Waals surface area contributed by atoms with Crippen LogP contribution < -0.4 is 4.74 Å². The van der Waals surface area contributed by atoms with Crippen molar-refractivity contribution in [2.75, 3.05) is 0 Å². The molecule has 0 spiro atoms. The topological polar surface area (TPSA) is 68.1 Å². The van der Waals surface area contributed by atoms with E-state index in [2.05, 4.69) is 9.98 Å². The van der Waals surface area contributed by atoms with Gasteiger partial charge in [-0.15, -0.1) is 23.2 Å². The molecule has 29 heavy (non-hydrogen) atoms. The minimum atomic E-state index is -1.80. The number of nitrogens with zero attached hydrogens (tertiary/aromatic N) is 2. The van der Waals surface area contributed by atoms with Crippen LogP contribution in [0.25, 0.3) is 0 Å². The molecule has 0 bridgehead atoms. The van der Waals surface area contributed by atoms with Crippen LogP contribution in [0, 0.1) is 23.3 Å². The lowest BCUT2D eigenvalue weighted by Crippen LogP contribution is -2.03. The Labute approximate surface area is 179 Å². The first-order valence-corrected chi connectivity index (χ1v) is 8.91. The number of carbonyl (C=O) groups excluding carboxylic acids is 2. The summed E-state index contributed by atoms with van der Waals surface area (Å²) in [6.07, 6.45) is 2.01. The lowest BCUT2D eigenvalue weighted by Gasteiger charge is -2.17. The van der Waals surface area contributed by atoms with Crippen molar-refractivity contribution >= 4 is 69.9 Å². The molecule has 152 valence electrons. The molecule has 0 atom stereocenters. The smallest absolute Gasteiger partial charge is 0.240 e. The van der Waals surface area contributed by atoms with Gasteiger partial charge in [0.25, 0.3) is 0 Å². The normalized spacial score (nSPS) is 10.3. The van der Waals surface area contributed by atoms with Crippen molar-refractivity contribution in [2.45, 2.75) is 11.8 Å². The number of benzene rings is 2. The fraction of sp³-hybridized carbons (Fsp3) is 0.125. The maximum atomic E-state index is 14.4. The van der Waals surface area contributed by atoms with E-state index in [0.29, 0.717) is 0 Å².